The highest BCUT2D eigenvalue weighted by Crippen LogP contribution is 2.59. The molecular formula is C23H32N+. The minimum Gasteiger partial charge on any atom is -0.201 e. The van der Waals surface area contributed by atoms with Crippen LogP contribution in [0.3, 0.4) is 0 Å². The smallest absolute Gasteiger partial charge is 0.201 e. The minimum absolute atomic E-state index is 0.196. The van der Waals surface area contributed by atoms with E-state index in [-0.39, 0.29) is 10.8 Å². The SMILES string of the molecule is CCC1c2cc(-c3ccc(C)cc3C)[n+](C)cc2C(C)(C)C1(C)C. The highest BCUT2D eigenvalue weighted by Gasteiger charge is 2.53. The third-order valence-electron chi connectivity index (χ3n) is 6.90. The number of pyridine rings is 1. The van der Waals surface area contributed by atoms with Gasteiger partial charge in [0.2, 0.25) is 5.69 Å². The average Bonchev–Trinajstić information content (AvgIpc) is 2.62. The van der Waals surface area contributed by atoms with E-state index in [1.807, 2.05) is 0 Å². The topological polar surface area (TPSA) is 3.88 Å². The number of nitrogens with zero attached hydrogens (tertiary/aromatic N) is 1. The molecule has 0 saturated carbocycles. The lowest BCUT2D eigenvalue weighted by molar-refractivity contribution is -0.661. The first-order valence-corrected chi connectivity index (χ1v) is 9.23. The lowest BCUT2D eigenvalue weighted by Gasteiger charge is -2.39. The van der Waals surface area contributed by atoms with Crippen LogP contribution in [0.4, 0.5) is 0 Å². The van der Waals surface area contributed by atoms with Crippen LogP contribution in [0.1, 0.15) is 69.2 Å². The highest BCUT2D eigenvalue weighted by molar-refractivity contribution is 5.63. The van der Waals surface area contributed by atoms with Gasteiger partial charge < -0.3 is 0 Å². The molecule has 1 atom stereocenters. The minimum atomic E-state index is 0.196. The second kappa shape index (κ2) is 5.44. The van der Waals surface area contributed by atoms with Crippen molar-refractivity contribution in [2.24, 2.45) is 12.5 Å². The Hall–Kier alpha value is -1.63. The highest BCUT2D eigenvalue weighted by atomic mass is 14.9. The summed E-state index contributed by atoms with van der Waals surface area (Å²) in [6.07, 6.45) is 3.59. The summed E-state index contributed by atoms with van der Waals surface area (Å²) in [6.45, 7) is 16.4. The van der Waals surface area contributed by atoms with Crippen molar-refractivity contribution in [2.45, 2.75) is 66.2 Å². The summed E-state index contributed by atoms with van der Waals surface area (Å²) in [7, 11) is 2.19. The molecule has 0 N–H and O–H groups in total. The van der Waals surface area contributed by atoms with E-state index in [1.165, 1.54) is 34.4 Å². The van der Waals surface area contributed by atoms with Gasteiger partial charge in [-0.3, -0.25) is 0 Å². The summed E-state index contributed by atoms with van der Waals surface area (Å²) in [4.78, 5) is 0. The van der Waals surface area contributed by atoms with E-state index in [4.69, 9.17) is 0 Å². The third kappa shape index (κ3) is 2.24. The van der Waals surface area contributed by atoms with Gasteiger partial charge in [-0.1, -0.05) is 52.3 Å². The van der Waals surface area contributed by atoms with Crippen molar-refractivity contribution < 1.29 is 4.57 Å². The molecule has 0 aliphatic heterocycles. The lowest BCUT2D eigenvalue weighted by atomic mass is 9.64. The van der Waals surface area contributed by atoms with Crippen LogP contribution in [0.15, 0.2) is 30.5 Å². The van der Waals surface area contributed by atoms with Gasteiger partial charge in [-0.25, -0.2) is 4.57 Å². The van der Waals surface area contributed by atoms with E-state index in [0.717, 1.165) is 0 Å². The summed E-state index contributed by atoms with van der Waals surface area (Å²) >= 11 is 0. The van der Waals surface area contributed by atoms with Crippen LogP contribution < -0.4 is 4.57 Å². The zero-order chi connectivity index (χ0) is 17.9. The first-order valence-electron chi connectivity index (χ1n) is 9.23. The molecule has 0 saturated heterocycles. The Morgan fingerprint density at radius 1 is 1.04 bits per heavy atom. The fourth-order valence-electron chi connectivity index (χ4n) is 4.75. The van der Waals surface area contributed by atoms with Crippen LogP contribution in [0, 0.1) is 19.3 Å². The molecule has 1 aromatic heterocycles. The van der Waals surface area contributed by atoms with Crippen molar-refractivity contribution in [1.82, 2.24) is 0 Å². The van der Waals surface area contributed by atoms with E-state index >= 15 is 0 Å². The largest absolute Gasteiger partial charge is 0.212 e. The van der Waals surface area contributed by atoms with Crippen molar-refractivity contribution in [1.29, 1.82) is 0 Å². The molecule has 1 aliphatic carbocycles. The summed E-state index contributed by atoms with van der Waals surface area (Å²) in [5, 5.41) is 0. The van der Waals surface area contributed by atoms with E-state index < -0.39 is 0 Å². The van der Waals surface area contributed by atoms with Crippen molar-refractivity contribution in [2.75, 3.05) is 0 Å². The molecule has 3 rings (SSSR count). The number of hydrogen-bond acceptors (Lipinski definition) is 0. The first kappa shape index (κ1) is 17.2. The second-order valence-corrected chi connectivity index (χ2v) is 8.76. The number of aromatic nitrogens is 1. The Morgan fingerprint density at radius 2 is 1.71 bits per heavy atom. The van der Waals surface area contributed by atoms with Crippen LogP contribution in [-0.4, -0.2) is 0 Å². The van der Waals surface area contributed by atoms with Crippen LogP contribution >= 0.6 is 0 Å². The molecule has 1 nitrogen and oxygen atoms in total. The van der Waals surface area contributed by atoms with Crippen molar-refractivity contribution >= 4 is 0 Å². The van der Waals surface area contributed by atoms with Crippen molar-refractivity contribution in [3.05, 3.63) is 52.7 Å². The molecule has 0 fully saturated rings. The van der Waals surface area contributed by atoms with Gasteiger partial charge in [-0.05, 0) is 48.8 Å². The monoisotopic (exact) mass is 322 g/mol. The summed E-state index contributed by atoms with van der Waals surface area (Å²) < 4.78 is 2.33. The van der Waals surface area contributed by atoms with Crippen LogP contribution in [0.2, 0.25) is 0 Å². The molecule has 0 spiro atoms. The lowest BCUT2D eigenvalue weighted by Crippen LogP contribution is -2.37. The Balaban J connectivity index is 2.25. The Kier molecular flexibility index (Phi) is 3.90. The van der Waals surface area contributed by atoms with Crippen LogP contribution in [-0.2, 0) is 12.5 Å². The molecule has 1 aromatic carbocycles. The van der Waals surface area contributed by atoms with E-state index in [1.54, 1.807) is 5.56 Å². The molecular weight excluding hydrogens is 290 g/mol. The quantitative estimate of drug-likeness (QED) is 0.633. The van der Waals surface area contributed by atoms with Crippen molar-refractivity contribution in [3.8, 4) is 11.3 Å². The molecule has 2 aromatic rings. The second-order valence-electron chi connectivity index (χ2n) is 8.76. The van der Waals surface area contributed by atoms with E-state index in [9.17, 15) is 0 Å². The number of hydrogen-bond donors (Lipinski definition) is 0. The van der Waals surface area contributed by atoms with Gasteiger partial charge in [0.25, 0.3) is 0 Å². The number of rotatable bonds is 2. The Bertz CT molecular complexity index is 796. The fraction of sp³-hybridized carbons (Fsp3) is 0.522. The first-order chi connectivity index (χ1) is 11.1. The number of aryl methyl sites for hydroxylation is 3. The predicted octanol–water partition coefficient (Wildman–Crippen LogP) is 5.61. The van der Waals surface area contributed by atoms with Crippen LogP contribution in [0.25, 0.3) is 11.3 Å². The third-order valence-corrected chi connectivity index (χ3v) is 6.90. The normalized spacial score (nSPS) is 20.9. The zero-order valence-electron chi connectivity index (χ0n) is 16.6. The maximum atomic E-state index is 2.47. The molecule has 0 bridgehead atoms. The van der Waals surface area contributed by atoms with Gasteiger partial charge in [0.15, 0.2) is 6.20 Å². The molecule has 0 radical (unpaired) electrons. The van der Waals surface area contributed by atoms with Gasteiger partial charge in [0.05, 0.1) is 0 Å². The van der Waals surface area contributed by atoms with E-state index in [0.29, 0.717) is 5.92 Å². The average molecular weight is 323 g/mol. The molecule has 128 valence electrons. The molecule has 24 heavy (non-hydrogen) atoms. The molecule has 1 unspecified atom stereocenters. The fourth-order valence-corrected chi connectivity index (χ4v) is 4.75. The van der Waals surface area contributed by atoms with Crippen LogP contribution in [0.5, 0.6) is 0 Å². The number of fused-ring (bicyclic) bond motifs is 1. The number of benzene rings is 1. The summed E-state index contributed by atoms with van der Waals surface area (Å²) in [5.74, 6) is 0.619. The summed E-state index contributed by atoms with van der Waals surface area (Å²) in [6, 6.07) is 9.25. The van der Waals surface area contributed by atoms with Gasteiger partial charge in [-0.15, -0.1) is 0 Å². The van der Waals surface area contributed by atoms with Gasteiger partial charge in [0.1, 0.15) is 7.05 Å². The predicted molar refractivity (Wildman–Crippen MR) is 102 cm³/mol. The maximum absolute atomic E-state index is 2.47. The Labute approximate surface area is 147 Å². The Morgan fingerprint density at radius 3 is 2.29 bits per heavy atom. The molecule has 0 amide bonds. The van der Waals surface area contributed by atoms with Gasteiger partial charge >= 0.3 is 0 Å². The van der Waals surface area contributed by atoms with Gasteiger partial charge in [-0.2, -0.15) is 0 Å². The van der Waals surface area contributed by atoms with E-state index in [2.05, 4.69) is 90.5 Å². The molecule has 1 heteroatoms. The van der Waals surface area contributed by atoms with Crippen molar-refractivity contribution in [3.63, 3.8) is 0 Å². The standard InChI is InChI=1S/C23H32N/c1-9-19-18-13-21(17-11-10-15(2)12-16(17)3)24(8)14-20(18)23(6,7)22(19,4)5/h10-14,19H,9H2,1-8H3/q+1. The van der Waals surface area contributed by atoms with Gasteiger partial charge in [0, 0.05) is 22.6 Å². The summed E-state index contributed by atoms with van der Waals surface area (Å²) in [5.41, 5.74) is 8.92. The molecule has 1 heterocycles. The molecule has 1 aliphatic rings. The maximum Gasteiger partial charge on any atom is 0.212 e. The zero-order valence-corrected chi connectivity index (χ0v) is 16.6.